The summed E-state index contributed by atoms with van der Waals surface area (Å²) in [6.45, 7) is 0. The van der Waals surface area contributed by atoms with Crippen molar-refractivity contribution in [1.82, 2.24) is 4.98 Å². The molecular formula is C15H9Cl3N2OS2. The number of amides is 1. The predicted octanol–water partition coefficient (Wildman–Crippen LogP) is 6.01. The van der Waals surface area contributed by atoms with E-state index >= 15 is 0 Å². The van der Waals surface area contributed by atoms with E-state index in [-0.39, 0.29) is 12.3 Å². The van der Waals surface area contributed by atoms with Crippen molar-refractivity contribution < 1.29 is 4.79 Å². The summed E-state index contributed by atoms with van der Waals surface area (Å²) in [5.41, 5.74) is 1.41. The van der Waals surface area contributed by atoms with E-state index in [1.54, 1.807) is 24.3 Å². The van der Waals surface area contributed by atoms with Crippen LogP contribution in [0, 0.1) is 0 Å². The molecule has 2 heterocycles. The predicted molar refractivity (Wildman–Crippen MR) is 99.2 cm³/mol. The van der Waals surface area contributed by atoms with Crippen molar-refractivity contribution in [3.05, 3.63) is 55.0 Å². The Kier molecular flexibility index (Phi) is 5.24. The molecule has 2 aromatic heterocycles. The number of nitrogens with one attached hydrogen (secondary N) is 1. The molecule has 0 atom stereocenters. The van der Waals surface area contributed by atoms with Gasteiger partial charge in [0.05, 0.1) is 21.5 Å². The molecule has 0 radical (unpaired) electrons. The molecule has 0 aliphatic carbocycles. The van der Waals surface area contributed by atoms with Crippen LogP contribution in [0.15, 0.2) is 35.7 Å². The molecule has 0 saturated carbocycles. The molecule has 0 spiro atoms. The van der Waals surface area contributed by atoms with Crippen LogP contribution in [0.2, 0.25) is 14.4 Å². The van der Waals surface area contributed by atoms with Gasteiger partial charge < -0.3 is 5.32 Å². The fourth-order valence-electron chi connectivity index (χ4n) is 1.92. The Balaban J connectivity index is 1.72. The Labute approximate surface area is 155 Å². The van der Waals surface area contributed by atoms with E-state index in [4.69, 9.17) is 34.8 Å². The van der Waals surface area contributed by atoms with Gasteiger partial charge in [-0.2, -0.15) is 0 Å². The Bertz CT molecular complexity index is 860. The first-order valence-electron chi connectivity index (χ1n) is 6.46. The van der Waals surface area contributed by atoms with Gasteiger partial charge in [-0.1, -0.05) is 34.8 Å². The number of halogens is 3. The number of carbonyl (C=O) groups excluding carboxylic acids is 1. The number of hydrogen-bond acceptors (Lipinski definition) is 4. The average molecular weight is 404 g/mol. The van der Waals surface area contributed by atoms with Gasteiger partial charge in [-0.05, 0) is 30.3 Å². The van der Waals surface area contributed by atoms with Gasteiger partial charge >= 0.3 is 0 Å². The van der Waals surface area contributed by atoms with Crippen LogP contribution in [0.5, 0.6) is 0 Å². The van der Waals surface area contributed by atoms with Crippen molar-refractivity contribution in [3.63, 3.8) is 0 Å². The maximum atomic E-state index is 12.0. The van der Waals surface area contributed by atoms with E-state index in [1.165, 1.54) is 22.7 Å². The molecule has 0 unspecified atom stereocenters. The molecule has 0 saturated heterocycles. The number of rotatable bonds is 4. The van der Waals surface area contributed by atoms with Crippen LogP contribution in [0.25, 0.3) is 11.3 Å². The zero-order chi connectivity index (χ0) is 16.4. The van der Waals surface area contributed by atoms with Gasteiger partial charge in [-0.25, -0.2) is 4.98 Å². The highest BCUT2D eigenvalue weighted by Crippen LogP contribution is 2.32. The fourth-order valence-corrected chi connectivity index (χ4v) is 4.12. The maximum absolute atomic E-state index is 12.0. The molecule has 118 valence electrons. The lowest BCUT2D eigenvalue weighted by atomic mass is 10.2. The van der Waals surface area contributed by atoms with Crippen LogP contribution in [0.1, 0.15) is 4.88 Å². The van der Waals surface area contributed by atoms with Crippen molar-refractivity contribution in [2.75, 3.05) is 5.32 Å². The second-order valence-electron chi connectivity index (χ2n) is 4.59. The number of thiazole rings is 1. The van der Waals surface area contributed by atoms with Gasteiger partial charge in [0.15, 0.2) is 5.13 Å². The molecule has 1 amide bonds. The second kappa shape index (κ2) is 7.20. The standard InChI is InChI=1S/C15H9Cl3N2OS2/c16-8-1-3-11(17)10(5-8)12-7-22-15(19-12)20-14(21)6-9-2-4-13(18)23-9/h1-5,7H,6H2,(H,19,20,21). The number of hydrogen-bond donors (Lipinski definition) is 1. The number of benzene rings is 1. The van der Waals surface area contributed by atoms with Crippen molar-refractivity contribution in [2.24, 2.45) is 0 Å². The lowest BCUT2D eigenvalue weighted by Gasteiger charge is -2.02. The minimum absolute atomic E-state index is 0.137. The fraction of sp³-hybridized carbons (Fsp3) is 0.0667. The summed E-state index contributed by atoms with van der Waals surface area (Å²) in [7, 11) is 0. The molecule has 0 aliphatic rings. The van der Waals surface area contributed by atoms with E-state index in [2.05, 4.69) is 10.3 Å². The summed E-state index contributed by atoms with van der Waals surface area (Å²) in [4.78, 5) is 17.3. The maximum Gasteiger partial charge on any atom is 0.231 e. The summed E-state index contributed by atoms with van der Waals surface area (Å²) in [6, 6.07) is 8.80. The molecule has 8 heteroatoms. The topological polar surface area (TPSA) is 42.0 Å². The van der Waals surface area contributed by atoms with Crippen LogP contribution in [0.4, 0.5) is 5.13 Å². The Morgan fingerprint density at radius 2 is 2.00 bits per heavy atom. The van der Waals surface area contributed by atoms with Crippen molar-refractivity contribution in [2.45, 2.75) is 6.42 Å². The lowest BCUT2D eigenvalue weighted by Crippen LogP contribution is -2.13. The third-order valence-corrected chi connectivity index (χ3v) is 5.47. The number of anilines is 1. The van der Waals surface area contributed by atoms with Crippen LogP contribution in [-0.2, 0) is 11.2 Å². The number of nitrogens with zero attached hydrogens (tertiary/aromatic N) is 1. The third kappa shape index (κ3) is 4.25. The normalized spacial score (nSPS) is 10.7. The van der Waals surface area contributed by atoms with Crippen LogP contribution >= 0.6 is 57.5 Å². The van der Waals surface area contributed by atoms with Crippen LogP contribution < -0.4 is 5.32 Å². The van der Waals surface area contributed by atoms with E-state index in [0.717, 1.165) is 10.4 Å². The van der Waals surface area contributed by atoms with Crippen molar-refractivity contribution >= 4 is 68.5 Å². The molecule has 3 rings (SSSR count). The summed E-state index contributed by atoms with van der Waals surface area (Å²) in [5, 5.41) is 6.27. The Hall–Kier alpha value is -1.11. The molecule has 0 aliphatic heterocycles. The molecular weight excluding hydrogens is 395 g/mol. The molecule has 0 bridgehead atoms. The summed E-state index contributed by atoms with van der Waals surface area (Å²) in [6.07, 6.45) is 0.268. The minimum Gasteiger partial charge on any atom is -0.302 e. The minimum atomic E-state index is -0.137. The quantitative estimate of drug-likeness (QED) is 0.579. The van der Waals surface area contributed by atoms with Gasteiger partial charge in [0.2, 0.25) is 5.91 Å². The Morgan fingerprint density at radius 1 is 1.17 bits per heavy atom. The van der Waals surface area contributed by atoms with Crippen LogP contribution in [-0.4, -0.2) is 10.9 Å². The van der Waals surface area contributed by atoms with Gasteiger partial charge in [0.25, 0.3) is 0 Å². The van der Waals surface area contributed by atoms with E-state index in [1.807, 2.05) is 11.4 Å². The van der Waals surface area contributed by atoms with E-state index in [0.29, 0.717) is 25.2 Å². The SMILES string of the molecule is O=C(Cc1ccc(Cl)s1)Nc1nc(-c2cc(Cl)ccc2Cl)cs1. The molecule has 23 heavy (non-hydrogen) atoms. The molecule has 1 N–H and O–H groups in total. The monoisotopic (exact) mass is 402 g/mol. The van der Waals surface area contributed by atoms with E-state index < -0.39 is 0 Å². The molecule has 3 nitrogen and oxygen atoms in total. The average Bonchev–Trinajstić information content (AvgIpc) is 3.11. The zero-order valence-electron chi connectivity index (χ0n) is 11.5. The van der Waals surface area contributed by atoms with E-state index in [9.17, 15) is 4.79 Å². The van der Waals surface area contributed by atoms with Crippen molar-refractivity contribution in [3.8, 4) is 11.3 Å². The number of carbonyl (C=O) groups is 1. The summed E-state index contributed by atoms with van der Waals surface area (Å²) >= 11 is 20.7. The zero-order valence-corrected chi connectivity index (χ0v) is 15.4. The molecule has 1 aromatic carbocycles. The van der Waals surface area contributed by atoms with Gasteiger partial charge in [-0.15, -0.1) is 22.7 Å². The van der Waals surface area contributed by atoms with Crippen LogP contribution in [0.3, 0.4) is 0 Å². The number of thiophene rings is 1. The first-order valence-corrected chi connectivity index (χ1v) is 9.29. The third-order valence-electron chi connectivity index (χ3n) is 2.92. The summed E-state index contributed by atoms with van der Waals surface area (Å²) < 4.78 is 0.667. The largest absolute Gasteiger partial charge is 0.302 e. The highest BCUT2D eigenvalue weighted by atomic mass is 35.5. The summed E-state index contributed by atoms with van der Waals surface area (Å²) in [5.74, 6) is -0.137. The molecule has 3 aromatic rings. The molecule has 0 fully saturated rings. The lowest BCUT2D eigenvalue weighted by molar-refractivity contribution is -0.115. The first-order chi connectivity index (χ1) is 11.0. The number of aromatic nitrogens is 1. The highest BCUT2D eigenvalue weighted by molar-refractivity contribution is 7.16. The first kappa shape index (κ1) is 16.7. The highest BCUT2D eigenvalue weighted by Gasteiger charge is 2.12. The smallest absolute Gasteiger partial charge is 0.231 e. The second-order valence-corrected chi connectivity index (χ2v) is 8.09. The van der Waals surface area contributed by atoms with Gasteiger partial charge in [0.1, 0.15) is 0 Å². The Morgan fingerprint density at radius 3 is 2.74 bits per heavy atom. The van der Waals surface area contributed by atoms with Crippen molar-refractivity contribution in [1.29, 1.82) is 0 Å². The van der Waals surface area contributed by atoms with Gasteiger partial charge in [0, 0.05) is 20.8 Å². The van der Waals surface area contributed by atoms with Gasteiger partial charge in [-0.3, -0.25) is 4.79 Å².